The van der Waals surface area contributed by atoms with E-state index < -0.39 is 0 Å². The van der Waals surface area contributed by atoms with Crippen molar-refractivity contribution in [2.75, 3.05) is 6.54 Å². The highest BCUT2D eigenvalue weighted by atomic mass is 79.9. The molecular formula is C13H13BrClN3. The van der Waals surface area contributed by atoms with E-state index >= 15 is 0 Å². The molecule has 1 N–H and O–H groups in total. The van der Waals surface area contributed by atoms with E-state index in [1.807, 2.05) is 12.1 Å². The summed E-state index contributed by atoms with van der Waals surface area (Å²) in [5.74, 6) is 0. The van der Waals surface area contributed by atoms with Crippen molar-refractivity contribution in [1.29, 1.82) is 0 Å². The standard InChI is InChI=1S/C13H13BrClN3/c14-11-6-16-17-13(11)8-18-5-4-10-9(7-18)2-1-3-12(10)15/h1-3,6H,4-5,7-8H2,(H,16,17). The first kappa shape index (κ1) is 12.2. The fraction of sp³-hybridized carbons (Fsp3) is 0.308. The van der Waals surface area contributed by atoms with Crippen molar-refractivity contribution in [3.63, 3.8) is 0 Å². The van der Waals surface area contributed by atoms with Crippen LogP contribution in [0.5, 0.6) is 0 Å². The van der Waals surface area contributed by atoms with Crippen LogP contribution in [0.3, 0.4) is 0 Å². The van der Waals surface area contributed by atoms with Gasteiger partial charge in [0.15, 0.2) is 0 Å². The summed E-state index contributed by atoms with van der Waals surface area (Å²) in [6.07, 6.45) is 2.81. The predicted molar refractivity (Wildman–Crippen MR) is 75.6 cm³/mol. The summed E-state index contributed by atoms with van der Waals surface area (Å²) in [7, 11) is 0. The molecule has 1 aromatic carbocycles. The van der Waals surface area contributed by atoms with Crippen LogP contribution in [0.4, 0.5) is 0 Å². The van der Waals surface area contributed by atoms with Gasteiger partial charge in [0, 0.05) is 24.7 Å². The fourth-order valence-electron chi connectivity index (χ4n) is 2.39. The van der Waals surface area contributed by atoms with Crippen molar-refractivity contribution >= 4 is 27.5 Å². The molecule has 1 aromatic heterocycles. The molecule has 2 heterocycles. The molecule has 2 aromatic rings. The largest absolute Gasteiger partial charge is 0.293 e. The summed E-state index contributed by atoms with van der Waals surface area (Å²) >= 11 is 9.71. The van der Waals surface area contributed by atoms with Gasteiger partial charge in [-0.25, -0.2) is 0 Å². The summed E-state index contributed by atoms with van der Waals surface area (Å²) in [5, 5.41) is 7.95. The molecule has 94 valence electrons. The van der Waals surface area contributed by atoms with Crippen LogP contribution in [0.25, 0.3) is 0 Å². The number of fused-ring (bicyclic) bond motifs is 1. The van der Waals surface area contributed by atoms with Crippen LogP contribution in [0.1, 0.15) is 16.8 Å². The smallest absolute Gasteiger partial charge is 0.0634 e. The van der Waals surface area contributed by atoms with Crippen LogP contribution < -0.4 is 0 Å². The van der Waals surface area contributed by atoms with E-state index in [0.717, 1.165) is 41.2 Å². The molecule has 0 saturated carbocycles. The van der Waals surface area contributed by atoms with Crippen LogP contribution in [0.2, 0.25) is 5.02 Å². The summed E-state index contributed by atoms with van der Waals surface area (Å²) in [6.45, 7) is 2.86. The second-order valence-corrected chi connectivity index (χ2v) is 5.80. The first-order valence-corrected chi connectivity index (χ1v) is 7.07. The zero-order chi connectivity index (χ0) is 12.5. The molecule has 0 amide bonds. The van der Waals surface area contributed by atoms with Crippen molar-refractivity contribution in [1.82, 2.24) is 15.1 Å². The molecule has 0 spiro atoms. The zero-order valence-corrected chi connectivity index (χ0v) is 12.1. The maximum atomic E-state index is 6.22. The van der Waals surface area contributed by atoms with Gasteiger partial charge in [-0.05, 0) is 39.5 Å². The number of halogens is 2. The van der Waals surface area contributed by atoms with Crippen LogP contribution >= 0.6 is 27.5 Å². The second-order valence-electron chi connectivity index (χ2n) is 4.53. The van der Waals surface area contributed by atoms with Gasteiger partial charge in [-0.2, -0.15) is 5.10 Å². The van der Waals surface area contributed by atoms with E-state index in [9.17, 15) is 0 Å². The van der Waals surface area contributed by atoms with E-state index in [-0.39, 0.29) is 0 Å². The summed E-state index contributed by atoms with van der Waals surface area (Å²) < 4.78 is 1.04. The molecule has 0 saturated heterocycles. The first-order chi connectivity index (χ1) is 8.74. The fourth-order valence-corrected chi connectivity index (χ4v) is 2.99. The molecule has 18 heavy (non-hydrogen) atoms. The number of aromatic nitrogens is 2. The SMILES string of the molecule is Clc1cccc2c1CCN(Cc1[nH]ncc1Br)C2. The average molecular weight is 327 g/mol. The lowest BCUT2D eigenvalue weighted by Crippen LogP contribution is -2.30. The van der Waals surface area contributed by atoms with E-state index in [4.69, 9.17) is 11.6 Å². The van der Waals surface area contributed by atoms with Gasteiger partial charge >= 0.3 is 0 Å². The molecule has 0 aliphatic carbocycles. The van der Waals surface area contributed by atoms with Crippen molar-refractivity contribution in [2.45, 2.75) is 19.5 Å². The minimum absolute atomic E-state index is 0.881. The second kappa shape index (κ2) is 5.03. The number of rotatable bonds is 2. The quantitative estimate of drug-likeness (QED) is 0.917. The highest BCUT2D eigenvalue weighted by Gasteiger charge is 2.19. The molecule has 0 fully saturated rings. The van der Waals surface area contributed by atoms with Crippen molar-refractivity contribution in [2.24, 2.45) is 0 Å². The molecular weight excluding hydrogens is 314 g/mol. The van der Waals surface area contributed by atoms with Crippen molar-refractivity contribution in [3.05, 3.63) is 50.7 Å². The van der Waals surface area contributed by atoms with Gasteiger partial charge in [-0.3, -0.25) is 10.00 Å². The molecule has 0 atom stereocenters. The third kappa shape index (κ3) is 2.32. The number of benzene rings is 1. The summed E-state index contributed by atoms with van der Waals surface area (Å²) in [6, 6.07) is 6.16. The molecule has 0 bridgehead atoms. The van der Waals surface area contributed by atoms with Gasteiger partial charge in [-0.15, -0.1) is 0 Å². The number of hydrogen-bond acceptors (Lipinski definition) is 2. The molecule has 3 nitrogen and oxygen atoms in total. The van der Waals surface area contributed by atoms with Gasteiger partial charge < -0.3 is 0 Å². The Morgan fingerprint density at radius 2 is 2.33 bits per heavy atom. The van der Waals surface area contributed by atoms with Gasteiger partial charge in [-0.1, -0.05) is 23.7 Å². The van der Waals surface area contributed by atoms with E-state index in [2.05, 4.69) is 37.1 Å². The van der Waals surface area contributed by atoms with Crippen LogP contribution in [-0.2, 0) is 19.5 Å². The highest BCUT2D eigenvalue weighted by Crippen LogP contribution is 2.27. The highest BCUT2D eigenvalue weighted by molar-refractivity contribution is 9.10. The molecule has 1 aliphatic rings. The molecule has 1 aliphatic heterocycles. The topological polar surface area (TPSA) is 31.9 Å². The third-order valence-electron chi connectivity index (χ3n) is 3.34. The molecule has 3 rings (SSSR count). The maximum Gasteiger partial charge on any atom is 0.0634 e. The first-order valence-electron chi connectivity index (χ1n) is 5.90. The van der Waals surface area contributed by atoms with Crippen LogP contribution in [0.15, 0.2) is 28.9 Å². The summed E-state index contributed by atoms with van der Waals surface area (Å²) in [5.41, 5.74) is 3.77. The number of nitrogens with zero attached hydrogens (tertiary/aromatic N) is 2. The minimum Gasteiger partial charge on any atom is -0.293 e. The number of hydrogen-bond donors (Lipinski definition) is 1. The van der Waals surface area contributed by atoms with Gasteiger partial charge in [0.05, 0.1) is 16.4 Å². The predicted octanol–water partition coefficient (Wildman–Crippen LogP) is 3.38. The lowest BCUT2D eigenvalue weighted by Gasteiger charge is -2.28. The molecule has 0 unspecified atom stereocenters. The Morgan fingerprint density at radius 3 is 3.11 bits per heavy atom. The van der Waals surface area contributed by atoms with E-state index in [1.54, 1.807) is 6.20 Å². The maximum absolute atomic E-state index is 6.22. The van der Waals surface area contributed by atoms with Crippen molar-refractivity contribution < 1.29 is 0 Å². The Bertz CT molecular complexity index is 567. The van der Waals surface area contributed by atoms with Gasteiger partial charge in [0.2, 0.25) is 0 Å². The third-order valence-corrected chi connectivity index (χ3v) is 4.37. The normalized spacial score (nSPS) is 15.7. The summed E-state index contributed by atoms with van der Waals surface area (Å²) in [4.78, 5) is 2.40. The van der Waals surface area contributed by atoms with Crippen LogP contribution in [0, 0.1) is 0 Å². The molecule has 5 heteroatoms. The minimum atomic E-state index is 0.881. The lowest BCUT2D eigenvalue weighted by atomic mass is 10.00. The Kier molecular flexibility index (Phi) is 3.41. The Balaban J connectivity index is 1.77. The lowest BCUT2D eigenvalue weighted by molar-refractivity contribution is 0.242. The van der Waals surface area contributed by atoms with Crippen molar-refractivity contribution in [3.8, 4) is 0 Å². The monoisotopic (exact) mass is 325 g/mol. The van der Waals surface area contributed by atoms with E-state index in [0.29, 0.717) is 0 Å². The van der Waals surface area contributed by atoms with Gasteiger partial charge in [0.25, 0.3) is 0 Å². The molecule has 0 radical (unpaired) electrons. The Morgan fingerprint density at radius 1 is 1.44 bits per heavy atom. The number of H-pyrrole nitrogens is 1. The van der Waals surface area contributed by atoms with Gasteiger partial charge in [0.1, 0.15) is 0 Å². The Labute approximate surface area is 119 Å². The van der Waals surface area contributed by atoms with E-state index in [1.165, 1.54) is 11.1 Å². The van der Waals surface area contributed by atoms with Crippen LogP contribution in [-0.4, -0.2) is 21.6 Å². The Hall–Kier alpha value is -0.840. The average Bonchev–Trinajstić information content (AvgIpc) is 2.75. The number of nitrogens with one attached hydrogen (secondary N) is 1. The zero-order valence-electron chi connectivity index (χ0n) is 9.79. The number of aromatic amines is 1.